The maximum atomic E-state index is 11.0. The minimum absolute atomic E-state index is 0.0638. The normalized spacial score (nSPS) is 16.3. The van der Waals surface area contributed by atoms with Crippen LogP contribution in [0.1, 0.15) is 53.6 Å². The quantitative estimate of drug-likeness (QED) is 0.865. The Balaban J connectivity index is 2.32. The Morgan fingerprint density at radius 2 is 2.18 bits per heavy atom. The van der Waals surface area contributed by atoms with Crippen LogP contribution in [0, 0.1) is 0 Å². The Bertz CT molecular complexity index is 414. The molecule has 1 aliphatic carbocycles. The van der Waals surface area contributed by atoms with Crippen LogP contribution in [0.15, 0.2) is 6.07 Å². The van der Waals surface area contributed by atoms with Crippen LogP contribution < -0.4 is 0 Å². The first-order valence-electron chi connectivity index (χ1n) is 5.81. The third-order valence-electron chi connectivity index (χ3n) is 3.06. The van der Waals surface area contributed by atoms with Gasteiger partial charge in [-0.05, 0) is 18.9 Å². The van der Waals surface area contributed by atoms with Gasteiger partial charge < -0.3 is 9.84 Å². The van der Waals surface area contributed by atoms with Crippen molar-refractivity contribution in [3.05, 3.63) is 23.3 Å². The molecule has 0 amide bonds. The number of aromatic nitrogens is 2. The van der Waals surface area contributed by atoms with Crippen LogP contribution in [0.25, 0.3) is 0 Å². The SMILES string of the molecule is COCc1nc(C(=O)O)cc(C2CCCC2)n1. The summed E-state index contributed by atoms with van der Waals surface area (Å²) in [6, 6.07) is 1.59. The topological polar surface area (TPSA) is 72.3 Å². The Morgan fingerprint density at radius 3 is 2.76 bits per heavy atom. The number of carboxylic acid groups (broad SMARTS) is 1. The molecule has 0 aliphatic heterocycles. The zero-order valence-corrected chi connectivity index (χ0v) is 9.85. The zero-order chi connectivity index (χ0) is 12.3. The number of hydrogen-bond acceptors (Lipinski definition) is 4. The van der Waals surface area contributed by atoms with E-state index >= 15 is 0 Å². The molecule has 0 saturated heterocycles. The molecule has 5 heteroatoms. The number of carbonyl (C=O) groups is 1. The van der Waals surface area contributed by atoms with Gasteiger partial charge in [0.2, 0.25) is 0 Å². The van der Waals surface area contributed by atoms with E-state index in [0.29, 0.717) is 11.7 Å². The number of rotatable bonds is 4. The molecule has 1 fully saturated rings. The van der Waals surface area contributed by atoms with Crippen LogP contribution in [-0.4, -0.2) is 28.2 Å². The Labute approximate surface area is 99.9 Å². The molecule has 0 unspecified atom stereocenters. The minimum atomic E-state index is -1.01. The van der Waals surface area contributed by atoms with E-state index in [9.17, 15) is 4.79 Å². The van der Waals surface area contributed by atoms with Gasteiger partial charge in [0.05, 0.1) is 0 Å². The molecule has 1 aromatic heterocycles. The fraction of sp³-hybridized carbons (Fsp3) is 0.583. The van der Waals surface area contributed by atoms with Crippen LogP contribution in [0.2, 0.25) is 0 Å². The van der Waals surface area contributed by atoms with Gasteiger partial charge in [-0.2, -0.15) is 0 Å². The highest BCUT2D eigenvalue weighted by Gasteiger charge is 2.21. The first kappa shape index (κ1) is 12.0. The molecule has 1 aromatic rings. The van der Waals surface area contributed by atoms with Gasteiger partial charge in [-0.1, -0.05) is 12.8 Å². The number of methoxy groups -OCH3 is 1. The van der Waals surface area contributed by atoms with E-state index in [0.717, 1.165) is 18.5 Å². The molecule has 1 aliphatic rings. The Kier molecular flexibility index (Phi) is 3.68. The lowest BCUT2D eigenvalue weighted by Crippen LogP contribution is -2.10. The van der Waals surface area contributed by atoms with Gasteiger partial charge in [0.1, 0.15) is 6.61 Å². The van der Waals surface area contributed by atoms with Crippen molar-refractivity contribution in [3.63, 3.8) is 0 Å². The smallest absolute Gasteiger partial charge is 0.354 e. The van der Waals surface area contributed by atoms with Crippen molar-refractivity contribution in [2.24, 2.45) is 0 Å². The average molecular weight is 236 g/mol. The van der Waals surface area contributed by atoms with E-state index < -0.39 is 5.97 Å². The number of aromatic carboxylic acids is 1. The van der Waals surface area contributed by atoms with Crippen molar-refractivity contribution in [2.45, 2.75) is 38.2 Å². The van der Waals surface area contributed by atoms with Crippen LogP contribution in [0.3, 0.4) is 0 Å². The van der Waals surface area contributed by atoms with Crippen molar-refractivity contribution < 1.29 is 14.6 Å². The third-order valence-corrected chi connectivity index (χ3v) is 3.06. The van der Waals surface area contributed by atoms with Gasteiger partial charge in [-0.3, -0.25) is 0 Å². The van der Waals surface area contributed by atoms with Crippen molar-refractivity contribution in [2.75, 3.05) is 7.11 Å². The molecule has 5 nitrogen and oxygen atoms in total. The summed E-state index contributed by atoms with van der Waals surface area (Å²) in [5, 5.41) is 9.01. The summed E-state index contributed by atoms with van der Waals surface area (Å²) in [5.41, 5.74) is 0.913. The van der Waals surface area contributed by atoms with Gasteiger partial charge in [0, 0.05) is 18.7 Å². The summed E-state index contributed by atoms with van der Waals surface area (Å²) in [7, 11) is 1.55. The summed E-state index contributed by atoms with van der Waals surface area (Å²) in [6.07, 6.45) is 4.55. The highest BCUT2D eigenvalue weighted by atomic mass is 16.5. The zero-order valence-electron chi connectivity index (χ0n) is 9.85. The van der Waals surface area contributed by atoms with Crippen LogP contribution in [0.5, 0.6) is 0 Å². The molecule has 1 N–H and O–H groups in total. The summed E-state index contributed by atoms with van der Waals surface area (Å²) in [4.78, 5) is 19.3. The first-order valence-corrected chi connectivity index (χ1v) is 5.81. The van der Waals surface area contributed by atoms with Crippen LogP contribution in [0.4, 0.5) is 0 Å². The molecule has 92 valence electrons. The largest absolute Gasteiger partial charge is 0.477 e. The van der Waals surface area contributed by atoms with E-state index in [2.05, 4.69) is 9.97 Å². The van der Waals surface area contributed by atoms with Crippen LogP contribution in [-0.2, 0) is 11.3 Å². The van der Waals surface area contributed by atoms with Crippen molar-refractivity contribution in [1.82, 2.24) is 9.97 Å². The second kappa shape index (κ2) is 5.23. The number of hydrogen-bond donors (Lipinski definition) is 1. The van der Waals surface area contributed by atoms with E-state index in [-0.39, 0.29) is 12.3 Å². The number of carboxylic acids is 1. The van der Waals surface area contributed by atoms with Crippen molar-refractivity contribution >= 4 is 5.97 Å². The van der Waals surface area contributed by atoms with Gasteiger partial charge >= 0.3 is 5.97 Å². The summed E-state index contributed by atoms with van der Waals surface area (Å²) < 4.78 is 4.96. The summed E-state index contributed by atoms with van der Waals surface area (Å²) >= 11 is 0. The molecule has 0 aromatic carbocycles. The second-order valence-corrected chi connectivity index (χ2v) is 4.31. The standard InChI is InChI=1S/C12H16N2O3/c1-17-7-11-13-9(8-4-2-3-5-8)6-10(14-11)12(15)16/h6,8H,2-5,7H2,1H3,(H,15,16). The maximum Gasteiger partial charge on any atom is 0.354 e. The third kappa shape index (κ3) is 2.79. The van der Waals surface area contributed by atoms with Gasteiger partial charge in [-0.15, -0.1) is 0 Å². The predicted molar refractivity (Wildman–Crippen MR) is 60.9 cm³/mol. The van der Waals surface area contributed by atoms with E-state index in [4.69, 9.17) is 9.84 Å². The molecule has 17 heavy (non-hydrogen) atoms. The summed E-state index contributed by atoms with van der Waals surface area (Å²) in [6.45, 7) is 0.251. The fourth-order valence-electron chi connectivity index (χ4n) is 2.25. The van der Waals surface area contributed by atoms with Gasteiger partial charge in [-0.25, -0.2) is 14.8 Å². The van der Waals surface area contributed by atoms with Gasteiger partial charge in [0.25, 0.3) is 0 Å². The number of ether oxygens (including phenoxy) is 1. The Morgan fingerprint density at radius 1 is 1.47 bits per heavy atom. The number of nitrogens with zero attached hydrogens (tertiary/aromatic N) is 2. The molecule has 1 heterocycles. The van der Waals surface area contributed by atoms with Crippen molar-refractivity contribution in [3.8, 4) is 0 Å². The molecular weight excluding hydrogens is 220 g/mol. The molecule has 0 atom stereocenters. The van der Waals surface area contributed by atoms with E-state index in [1.807, 2.05) is 0 Å². The lowest BCUT2D eigenvalue weighted by molar-refractivity contribution is 0.0688. The van der Waals surface area contributed by atoms with E-state index in [1.54, 1.807) is 13.2 Å². The first-order chi connectivity index (χ1) is 8.20. The van der Waals surface area contributed by atoms with Crippen molar-refractivity contribution in [1.29, 1.82) is 0 Å². The fourth-order valence-corrected chi connectivity index (χ4v) is 2.25. The molecule has 0 spiro atoms. The van der Waals surface area contributed by atoms with Crippen LogP contribution >= 0.6 is 0 Å². The van der Waals surface area contributed by atoms with E-state index in [1.165, 1.54) is 12.8 Å². The predicted octanol–water partition coefficient (Wildman–Crippen LogP) is 1.98. The lowest BCUT2D eigenvalue weighted by Gasteiger charge is -2.10. The highest BCUT2D eigenvalue weighted by molar-refractivity contribution is 5.85. The molecule has 0 bridgehead atoms. The highest BCUT2D eigenvalue weighted by Crippen LogP contribution is 2.33. The second-order valence-electron chi connectivity index (χ2n) is 4.31. The average Bonchev–Trinajstić information content (AvgIpc) is 2.82. The molecular formula is C12H16N2O3. The van der Waals surface area contributed by atoms with Gasteiger partial charge in [0.15, 0.2) is 11.5 Å². The monoisotopic (exact) mass is 236 g/mol. The molecule has 2 rings (SSSR count). The molecule has 1 saturated carbocycles. The lowest BCUT2D eigenvalue weighted by atomic mass is 10.0. The Hall–Kier alpha value is -1.49. The molecule has 0 radical (unpaired) electrons. The minimum Gasteiger partial charge on any atom is -0.477 e. The summed E-state index contributed by atoms with van der Waals surface area (Å²) in [5.74, 6) is -0.176. The maximum absolute atomic E-state index is 11.0.